The van der Waals surface area contributed by atoms with Gasteiger partial charge in [-0.1, -0.05) is 68.0 Å². The summed E-state index contributed by atoms with van der Waals surface area (Å²) in [6, 6.07) is 23.5. The molecule has 0 heterocycles. The molecule has 1 N–H and O–H groups in total. The Morgan fingerprint density at radius 1 is 0.879 bits per heavy atom. The van der Waals surface area contributed by atoms with Gasteiger partial charge in [0.05, 0.1) is 24.5 Å². The van der Waals surface area contributed by atoms with Crippen molar-refractivity contribution in [1.29, 1.82) is 0 Å². The number of ether oxygens (including phenoxy) is 2. The van der Waals surface area contributed by atoms with Crippen LogP contribution in [0, 0.1) is 0 Å². The SMILES string of the molecule is CCCc1cc(C(=S)c2ccccc2)ccc1OCCCCOc1ccc(CC(=O)O)cc1. The third kappa shape index (κ3) is 7.72. The molecule has 0 fully saturated rings. The van der Waals surface area contributed by atoms with E-state index in [2.05, 4.69) is 13.0 Å². The Bertz CT molecular complexity index is 1050. The van der Waals surface area contributed by atoms with Gasteiger partial charge in [-0.15, -0.1) is 0 Å². The summed E-state index contributed by atoms with van der Waals surface area (Å²) in [5.41, 5.74) is 4.06. The fraction of sp³-hybridized carbons (Fsp3) is 0.286. The van der Waals surface area contributed by atoms with Crippen LogP contribution < -0.4 is 9.47 Å². The fourth-order valence-electron chi connectivity index (χ4n) is 3.54. The number of carbonyl (C=O) groups is 1. The third-order valence-electron chi connectivity index (χ3n) is 5.22. The van der Waals surface area contributed by atoms with Gasteiger partial charge in [-0.05, 0) is 71.8 Å². The predicted molar refractivity (Wildman–Crippen MR) is 136 cm³/mol. The lowest BCUT2D eigenvalue weighted by Crippen LogP contribution is -2.06. The molecule has 0 aliphatic heterocycles. The molecule has 3 aromatic rings. The van der Waals surface area contributed by atoms with Gasteiger partial charge in [-0.25, -0.2) is 0 Å². The van der Waals surface area contributed by atoms with Crippen LogP contribution in [0.1, 0.15) is 48.4 Å². The molecule has 0 radical (unpaired) electrons. The van der Waals surface area contributed by atoms with E-state index in [4.69, 9.17) is 26.8 Å². The highest BCUT2D eigenvalue weighted by Gasteiger charge is 2.10. The lowest BCUT2D eigenvalue weighted by Gasteiger charge is -2.14. The number of unbranched alkanes of at least 4 members (excludes halogenated alkanes) is 1. The normalized spacial score (nSPS) is 10.6. The predicted octanol–water partition coefficient (Wildman–Crippen LogP) is 6.27. The summed E-state index contributed by atoms with van der Waals surface area (Å²) in [6.07, 6.45) is 3.76. The van der Waals surface area contributed by atoms with Crippen molar-refractivity contribution >= 4 is 23.1 Å². The summed E-state index contributed by atoms with van der Waals surface area (Å²) in [7, 11) is 0. The third-order valence-corrected chi connectivity index (χ3v) is 5.69. The molecule has 0 atom stereocenters. The highest BCUT2D eigenvalue weighted by Crippen LogP contribution is 2.24. The molecule has 0 aliphatic carbocycles. The number of carboxylic acids is 1. The summed E-state index contributed by atoms with van der Waals surface area (Å²) in [5.74, 6) is 0.839. The van der Waals surface area contributed by atoms with E-state index >= 15 is 0 Å². The van der Waals surface area contributed by atoms with Crippen LogP contribution in [0.4, 0.5) is 0 Å². The molecule has 5 heteroatoms. The van der Waals surface area contributed by atoms with Crippen molar-refractivity contribution in [2.45, 2.75) is 39.0 Å². The standard InChI is InChI=1S/C28H30O4S/c1-2-8-23-20-24(28(33)22-9-4-3-5-10-22)13-16-26(23)32-18-7-6-17-31-25-14-11-21(12-15-25)19-27(29)30/h3-5,9-16,20H,2,6-8,17-19H2,1H3,(H,29,30). The van der Waals surface area contributed by atoms with E-state index in [0.717, 1.165) is 58.7 Å². The number of hydrogen-bond acceptors (Lipinski definition) is 4. The Balaban J connectivity index is 1.46. The van der Waals surface area contributed by atoms with E-state index in [1.54, 1.807) is 12.1 Å². The van der Waals surface area contributed by atoms with Crippen molar-refractivity contribution in [3.63, 3.8) is 0 Å². The molecular formula is C28H30O4S. The second-order valence-electron chi connectivity index (χ2n) is 7.89. The first-order valence-electron chi connectivity index (χ1n) is 11.4. The maximum Gasteiger partial charge on any atom is 0.307 e. The van der Waals surface area contributed by atoms with Crippen LogP contribution in [0.5, 0.6) is 11.5 Å². The van der Waals surface area contributed by atoms with Crippen molar-refractivity contribution in [2.75, 3.05) is 13.2 Å². The molecule has 33 heavy (non-hydrogen) atoms. The summed E-state index contributed by atoms with van der Waals surface area (Å²) in [6.45, 7) is 3.38. The molecule has 172 valence electrons. The maximum absolute atomic E-state index is 10.7. The van der Waals surface area contributed by atoms with E-state index in [1.807, 2.05) is 54.6 Å². The van der Waals surface area contributed by atoms with Gasteiger partial charge in [-0.2, -0.15) is 0 Å². The van der Waals surface area contributed by atoms with E-state index in [-0.39, 0.29) is 6.42 Å². The highest BCUT2D eigenvalue weighted by atomic mass is 32.1. The number of aliphatic carboxylic acids is 1. The van der Waals surface area contributed by atoms with Gasteiger partial charge < -0.3 is 14.6 Å². The molecule has 0 aromatic heterocycles. The second kappa shape index (κ2) is 12.8. The van der Waals surface area contributed by atoms with Crippen molar-refractivity contribution in [2.24, 2.45) is 0 Å². The quantitative estimate of drug-likeness (QED) is 0.184. The van der Waals surface area contributed by atoms with Gasteiger partial charge in [0.2, 0.25) is 0 Å². The number of rotatable bonds is 13. The van der Waals surface area contributed by atoms with Crippen LogP contribution in [0.15, 0.2) is 72.8 Å². The number of carboxylic acid groups (broad SMARTS) is 1. The van der Waals surface area contributed by atoms with Gasteiger partial charge >= 0.3 is 5.97 Å². The first-order chi connectivity index (χ1) is 16.1. The van der Waals surface area contributed by atoms with Gasteiger partial charge in [-0.3, -0.25) is 4.79 Å². The monoisotopic (exact) mass is 462 g/mol. The van der Waals surface area contributed by atoms with E-state index in [0.29, 0.717) is 13.2 Å². The molecule has 0 spiro atoms. The smallest absolute Gasteiger partial charge is 0.307 e. The molecular weight excluding hydrogens is 432 g/mol. The summed E-state index contributed by atoms with van der Waals surface area (Å²) < 4.78 is 11.8. The van der Waals surface area contributed by atoms with E-state index in [1.165, 1.54) is 5.56 Å². The van der Waals surface area contributed by atoms with Gasteiger partial charge in [0.15, 0.2) is 0 Å². The maximum atomic E-state index is 10.7. The topological polar surface area (TPSA) is 55.8 Å². The Morgan fingerprint density at radius 2 is 1.58 bits per heavy atom. The van der Waals surface area contributed by atoms with Crippen molar-refractivity contribution < 1.29 is 19.4 Å². The molecule has 4 nitrogen and oxygen atoms in total. The van der Waals surface area contributed by atoms with Gasteiger partial charge in [0.25, 0.3) is 0 Å². The zero-order valence-corrected chi connectivity index (χ0v) is 19.8. The second-order valence-corrected chi connectivity index (χ2v) is 8.29. The van der Waals surface area contributed by atoms with Crippen molar-refractivity contribution in [3.05, 3.63) is 95.1 Å². The molecule has 0 amide bonds. The van der Waals surface area contributed by atoms with Crippen LogP contribution in [0.3, 0.4) is 0 Å². The minimum Gasteiger partial charge on any atom is -0.494 e. The molecule has 0 saturated heterocycles. The van der Waals surface area contributed by atoms with E-state index in [9.17, 15) is 4.79 Å². The lowest BCUT2D eigenvalue weighted by molar-refractivity contribution is -0.136. The van der Waals surface area contributed by atoms with Crippen LogP contribution in [-0.4, -0.2) is 29.2 Å². The van der Waals surface area contributed by atoms with Gasteiger partial charge in [0, 0.05) is 0 Å². The van der Waals surface area contributed by atoms with Crippen LogP contribution in [0.25, 0.3) is 0 Å². The van der Waals surface area contributed by atoms with Crippen LogP contribution in [0.2, 0.25) is 0 Å². The summed E-state index contributed by atoms with van der Waals surface area (Å²) in [5, 5.41) is 8.83. The molecule has 0 bridgehead atoms. The lowest BCUT2D eigenvalue weighted by atomic mass is 10.00. The Labute approximate surface area is 201 Å². The average molecular weight is 463 g/mol. The zero-order chi connectivity index (χ0) is 23.5. The Kier molecular flexibility index (Phi) is 9.45. The average Bonchev–Trinajstić information content (AvgIpc) is 2.83. The Morgan fingerprint density at radius 3 is 2.24 bits per heavy atom. The molecule has 0 unspecified atom stereocenters. The first kappa shape index (κ1) is 24.5. The molecule has 0 saturated carbocycles. The molecule has 3 aromatic carbocycles. The minimum absolute atomic E-state index is 0.0245. The van der Waals surface area contributed by atoms with Crippen LogP contribution in [-0.2, 0) is 17.6 Å². The van der Waals surface area contributed by atoms with Gasteiger partial charge in [0.1, 0.15) is 11.5 Å². The van der Waals surface area contributed by atoms with Crippen molar-refractivity contribution in [1.82, 2.24) is 0 Å². The highest BCUT2D eigenvalue weighted by molar-refractivity contribution is 7.81. The fourth-order valence-corrected chi connectivity index (χ4v) is 3.80. The van der Waals surface area contributed by atoms with Crippen molar-refractivity contribution in [3.8, 4) is 11.5 Å². The Hall–Kier alpha value is -3.18. The number of benzene rings is 3. The molecule has 0 aliphatic rings. The number of hydrogen-bond donors (Lipinski definition) is 1. The zero-order valence-electron chi connectivity index (χ0n) is 19.0. The largest absolute Gasteiger partial charge is 0.494 e. The molecule has 3 rings (SSSR count). The number of aryl methyl sites for hydroxylation is 1. The minimum atomic E-state index is -0.834. The number of thiocarbonyl (C=S) groups is 1. The van der Waals surface area contributed by atoms with E-state index < -0.39 is 5.97 Å². The summed E-state index contributed by atoms with van der Waals surface area (Å²) >= 11 is 5.69. The first-order valence-corrected chi connectivity index (χ1v) is 11.8. The van der Waals surface area contributed by atoms with Crippen LogP contribution >= 0.6 is 12.2 Å². The summed E-state index contributed by atoms with van der Waals surface area (Å²) in [4.78, 5) is 11.6.